The number of hydrogen-bond acceptors (Lipinski definition) is 5. The molecule has 1 aliphatic carbocycles. The fraction of sp³-hybridized carbons (Fsp3) is 0.667. The van der Waals surface area contributed by atoms with Gasteiger partial charge in [0.05, 0.1) is 11.5 Å². The van der Waals surface area contributed by atoms with Gasteiger partial charge >= 0.3 is 5.97 Å². The van der Waals surface area contributed by atoms with E-state index in [1.54, 1.807) is 0 Å². The van der Waals surface area contributed by atoms with Crippen molar-refractivity contribution in [3.05, 3.63) is 27.0 Å². The van der Waals surface area contributed by atoms with E-state index in [1.807, 2.05) is 11.9 Å². The molecule has 1 atom stereocenters. The van der Waals surface area contributed by atoms with Gasteiger partial charge in [-0.1, -0.05) is 49.1 Å². The summed E-state index contributed by atoms with van der Waals surface area (Å²) in [7, 11) is 0. The molecule has 1 N–H and O–H groups in total. The van der Waals surface area contributed by atoms with Crippen LogP contribution in [-0.2, 0) is 4.74 Å². The number of thiophene rings is 1. The van der Waals surface area contributed by atoms with E-state index in [0.717, 1.165) is 55.5 Å². The average molecular weight is 488 g/mol. The highest BCUT2D eigenvalue weighted by molar-refractivity contribution is 7.97. The Morgan fingerprint density at radius 1 is 1.24 bits per heavy atom. The third kappa shape index (κ3) is 6.45. The van der Waals surface area contributed by atoms with Crippen LogP contribution < -0.4 is 0 Å². The van der Waals surface area contributed by atoms with Crippen LogP contribution in [0.4, 0.5) is 0 Å². The molecule has 0 amide bonds. The lowest BCUT2D eigenvalue weighted by Gasteiger charge is -2.36. The second-order valence-electron chi connectivity index (χ2n) is 10.8. The number of rotatable bonds is 5. The van der Waals surface area contributed by atoms with Crippen LogP contribution in [0.3, 0.4) is 0 Å². The SMILES string of the molecule is CC1CCC(C2=C(c3cc(C#CC(C)(C)C)sc3C(=O)O)CN(SC3CCOC3)CC2)CC1. The molecule has 2 fully saturated rings. The molecular weight excluding hydrogens is 450 g/mol. The highest BCUT2D eigenvalue weighted by Gasteiger charge is 2.32. The van der Waals surface area contributed by atoms with E-state index in [9.17, 15) is 9.90 Å². The molecule has 6 heteroatoms. The second kappa shape index (κ2) is 10.6. The van der Waals surface area contributed by atoms with Crippen LogP contribution in [0.2, 0.25) is 0 Å². The van der Waals surface area contributed by atoms with Gasteiger partial charge in [0.15, 0.2) is 0 Å². The van der Waals surface area contributed by atoms with E-state index >= 15 is 0 Å². The van der Waals surface area contributed by atoms with Gasteiger partial charge in [-0.3, -0.25) is 0 Å². The number of carboxylic acids is 1. The maximum atomic E-state index is 12.3. The van der Waals surface area contributed by atoms with Crippen LogP contribution in [0.25, 0.3) is 5.57 Å². The van der Waals surface area contributed by atoms with Crippen LogP contribution >= 0.6 is 23.3 Å². The highest BCUT2D eigenvalue weighted by Crippen LogP contribution is 2.43. The monoisotopic (exact) mass is 487 g/mol. The van der Waals surface area contributed by atoms with Crippen molar-refractivity contribution < 1.29 is 14.6 Å². The number of carboxylic acid groups (broad SMARTS) is 1. The van der Waals surface area contributed by atoms with Crippen molar-refractivity contribution in [2.24, 2.45) is 17.3 Å². The first-order valence-corrected chi connectivity index (χ1v) is 14.0. The molecular formula is C27H37NO3S2. The molecule has 0 bridgehead atoms. The molecule has 4 nitrogen and oxygen atoms in total. The zero-order valence-electron chi connectivity index (χ0n) is 20.4. The van der Waals surface area contributed by atoms with E-state index in [0.29, 0.717) is 16.0 Å². The van der Waals surface area contributed by atoms with Crippen molar-refractivity contribution in [3.63, 3.8) is 0 Å². The van der Waals surface area contributed by atoms with Gasteiger partial charge in [-0.15, -0.1) is 11.3 Å². The quantitative estimate of drug-likeness (QED) is 0.376. The minimum absolute atomic E-state index is 0.113. The Labute approximate surface area is 207 Å². The summed E-state index contributed by atoms with van der Waals surface area (Å²) in [5.41, 5.74) is 3.56. The molecule has 0 spiro atoms. The first-order valence-electron chi connectivity index (χ1n) is 12.3. The van der Waals surface area contributed by atoms with Crippen LogP contribution in [0, 0.1) is 29.1 Å². The summed E-state index contributed by atoms with van der Waals surface area (Å²) in [6.45, 7) is 12.1. The van der Waals surface area contributed by atoms with Crippen molar-refractivity contribution >= 4 is 34.8 Å². The number of hydrogen-bond donors (Lipinski definition) is 1. The summed E-state index contributed by atoms with van der Waals surface area (Å²) < 4.78 is 8.05. The Hall–Kier alpha value is -1.26. The van der Waals surface area contributed by atoms with Crippen LogP contribution in [0.5, 0.6) is 0 Å². The highest BCUT2D eigenvalue weighted by atomic mass is 32.2. The average Bonchev–Trinajstić information content (AvgIpc) is 3.42. The zero-order chi connectivity index (χ0) is 23.6. The lowest BCUT2D eigenvalue weighted by Crippen LogP contribution is -2.31. The molecule has 2 aliphatic heterocycles. The third-order valence-electron chi connectivity index (χ3n) is 6.86. The van der Waals surface area contributed by atoms with Crippen molar-refractivity contribution in [1.82, 2.24) is 4.31 Å². The number of carbonyl (C=O) groups is 1. The molecule has 180 valence electrons. The van der Waals surface area contributed by atoms with E-state index in [2.05, 4.69) is 49.9 Å². The van der Waals surface area contributed by atoms with E-state index < -0.39 is 5.97 Å². The van der Waals surface area contributed by atoms with Gasteiger partial charge in [0, 0.05) is 35.9 Å². The van der Waals surface area contributed by atoms with Gasteiger partial charge in [-0.25, -0.2) is 9.10 Å². The summed E-state index contributed by atoms with van der Waals surface area (Å²) in [6, 6.07) is 2.06. The van der Waals surface area contributed by atoms with Crippen molar-refractivity contribution in [2.45, 2.75) is 71.5 Å². The third-order valence-corrected chi connectivity index (χ3v) is 9.18. The van der Waals surface area contributed by atoms with Gasteiger partial charge in [0.2, 0.25) is 0 Å². The smallest absolute Gasteiger partial charge is 0.346 e. The Morgan fingerprint density at radius 2 is 2.00 bits per heavy atom. The maximum Gasteiger partial charge on any atom is 0.346 e. The first-order chi connectivity index (χ1) is 15.7. The van der Waals surface area contributed by atoms with Gasteiger partial charge in [0.1, 0.15) is 4.88 Å². The molecule has 3 aliphatic rings. The van der Waals surface area contributed by atoms with E-state index in [4.69, 9.17) is 4.74 Å². The molecule has 0 radical (unpaired) electrons. The summed E-state index contributed by atoms with van der Waals surface area (Å²) >= 11 is 3.25. The number of ether oxygens (including phenoxy) is 1. The minimum Gasteiger partial charge on any atom is -0.477 e. The van der Waals surface area contributed by atoms with E-state index in [-0.39, 0.29) is 5.41 Å². The van der Waals surface area contributed by atoms with Crippen LogP contribution in [-0.4, -0.2) is 46.9 Å². The predicted molar refractivity (Wildman–Crippen MR) is 139 cm³/mol. The summed E-state index contributed by atoms with van der Waals surface area (Å²) in [6.07, 6.45) is 7.14. The van der Waals surface area contributed by atoms with Crippen molar-refractivity contribution in [2.75, 3.05) is 26.3 Å². The van der Waals surface area contributed by atoms with Crippen LogP contribution in [0.1, 0.15) is 86.3 Å². The minimum atomic E-state index is -0.836. The molecule has 3 heterocycles. The molecule has 1 aromatic rings. The largest absolute Gasteiger partial charge is 0.477 e. The second-order valence-corrected chi connectivity index (χ2v) is 13.3. The first kappa shape index (κ1) is 24.9. The predicted octanol–water partition coefficient (Wildman–Crippen LogP) is 6.57. The topological polar surface area (TPSA) is 49.8 Å². The molecule has 1 saturated carbocycles. The van der Waals surface area contributed by atoms with Crippen molar-refractivity contribution in [1.29, 1.82) is 0 Å². The summed E-state index contributed by atoms with van der Waals surface area (Å²) in [5.74, 6) is 7.09. The molecule has 33 heavy (non-hydrogen) atoms. The number of nitrogens with zero attached hydrogens (tertiary/aromatic N) is 1. The lowest BCUT2D eigenvalue weighted by molar-refractivity contribution is 0.0702. The Kier molecular flexibility index (Phi) is 7.95. The zero-order valence-corrected chi connectivity index (χ0v) is 22.0. The normalized spacial score (nSPS) is 26.8. The maximum absolute atomic E-state index is 12.3. The Bertz CT molecular complexity index is 948. The molecule has 1 saturated heterocycles. The molecule has 0 aromatic carbocycles. The van der Waals surface area contributed by atoms with Gasteiger partial charge < -0.3 is 9.84 Å². The van der Waals surface area contributed by atoms with E-state index in [1.165, 1.54) is 48.2 Å². The molecule has 1 unspecified atom stereocenters. The fourth-order valence-corrected chi connectivity index (χ4v) is 7.11. The number of aromatic carboxylic acids is 1. The lowest BCUT2D eigenvalue weighted by atomic mass is 9.75. The van der Waals surface area contributed by atoms with Crippen molar-refractivity contribution in [3.8, 4) is 11.8 Å². The summed E-state index contributed by atoms with van der Waals surface area (Å²) in [4.78, 5) is 13.6. The van der Waals surface area contributed by atoms with Gasteiger partial charge in [0.25, 0.3) is 0 Å². The van der Waals surface area contributed by atoms with Gasteiger partial charge in [-0.2, -0.15) is 0 Å². The fourth-order valence-electron chi connectivity index (χ4n) is 5.05. The standard InChI is InChI=1S/C27H37NO3S2/c1-18-5-7-19(8-6-18)22-10-13-28(33-21-11-14-31-17-21)16-24(22)23-15-20(9-12-27(2,3)4)32-25(23)26(29)30/h15,18-19,21H,5-8,10-11,13-14,16-17H2,1-4H3,(H,29,30). The Balaban J connectivity index is 1.70. The molecule has 4 rings (SSSR count). The molecule has 1 aromatic heterocycles. The summed E-state index contributed by atoms with van der Waals surface area (Å²) in [5, 5.41) is 10.6. The van der Waals surface area contributed by atoms with Gasteiger partial charge in [-0.05, 0) is 69.9 Å². The van der Waals surface area contributed by atoms with Crippen LogP contribution in [0.15, 0.2) is 11.6 Å². The Morgan fingerprint density at radius 3 is 2.64 bits per heavy atom.